The van der Waals surface area contributed by atoms with Gasteiger partial charge in [-0.15, -0.1) is 0 Å². The standard InChI is InChI=1S/C12H17NO4/c1-2-10-8-16-6-4-13(10)7-9-3-5-17-11(9)12(14)15/h3,5,10H,2,4,6-8H2,1H3,(H,14,15). The lowest BCUT2D eigenvalue weighted by atomic mass is 10.1. The molecule has 1 unspecified atom stereocenters. The minimum atomic E-state index is -1.01. The van der Waals surface area contributed by atoms with E-state index < -0.39 is 5.97 Å². The predicted molar refractivity (Wildman–Crippen MR) is 61.0 cm³/mol. The normalized spacial score (nSPS) is 21.6. The van der Waals surface area contributed by atoms with Crippen molar-refractivity contribution in [2.45, 2.75) is 25.9 Å². The van der Waals surface area contributed by atoms with Crippen LogP contribution in [0.1, 0.15) is 29.5 Å². The molecular formula is C12H17NO4. The molecule has 17 heavy (non-hydrogen) atoms. The maximum absolute atomic E-state index is 10.9. The van der Waals surface area contributed by atoms with Gasteiger partial charge in [-0.3, -0.25) is 4.90 Å². The molecular weight excluding hydrogens is 222 g/mol. The summed E-state index contributed by atoms with van der Waals surface area (Å²) < 4.78 is 10.4. The van der Waals surface area contributed by atoms with E-state index in [4.69, 9.17) is 14.3 Å². The number of carbonyl (C=O) groups is 1. The number of morpholine rings is 1. The van der Waals surface area contributed by atoms with Crippen molar-refractivity contribution in [3.05, 3.63) is 23.7 Å². The first-order chi connectivity index (χ1) is 8.22. The zero-order valence-electron chi connectivity index (χ0n) is 9.89. The quantitative estimate of drug-likeness (QED) is 0.864. The van der Waals surface area contributed by atoms with Gasteiger partial charge in [0.1, 0.15) is 0 Å². The van der Waals surface area contributed by atoms with Crippen molar-refractivity contribution in [2.75, 3.05) is 19.8 Å². The molecule has 1 aliphatic rings. The maximum atomic E-state index is 10.9. The largest absolute Gasteiger partial charge is 0.475 e. The number of carboxylic acid groups (broad SMARTS) is 1. The molecule has 0 amide bonds. The number of aromatic carboxylic acids is 1. The summed E-state index contributed by atoms with van der Waals surface area (Å²) in [5.41, 5.74) is 0.734. The monoisotopic (exact) mass is 239 g/mol. The average Bonchev–Trinajstić information content (AvgIpc) is 2.78. The highest BCUT2D eigenvalue weighted by Crippen LogP contribution is 2.18. The summed E-state index contributed by atoms with van der Waals surface area (Å²) in [6.45, 7) is 4.98. The number of rotatable bonds is 4. The van der Waals surface area contributed by atoms with Crippen LogP contribution in [-0.2, 0) is 11.3 Å². The molecule has 1 aliphatic heterocycles. The van der Waals surface area contributed by atoms with Crippen molar-refractivity contribution in [1.82, 2.24) is 4.90 Å². The van der Waals surface area contributed by atoms with E-state index in [9.17, 15) is 4.79 Å². The average molecular weight is 239 g/mol. The van der Waals surface area contributed by atoms with Gasteiger partial charge in [0.15, 0.2) is 0 Å². The SMILES string of the molecule is CCC1COCCN1Cc1ccoc1C(=O)O. The molecule has 1 N–H and O–H groups in total. The zero-order valence-corrected chi connectivity index (χ0v) is 9.89. The fourth-order valence-electron chi connectivity index (χ4n) is 2.14. The number of nitrogens with zero attached hydrogens (tertiary/aromatic N) is 1. The van der Waals surface area contributed by atoms with Crippen molar-refractivity contribution in [2.24, 2.45) is 0 Å². The fraction of sp³-hybridized carbons (Fsp3) is 0.583. The van der Waals surface area contributed by atoms with Gasteiger partial charge in [0.05, 0.1) is 19.5 Å². The Bertz CT molecular complexity index is 388. The van der Waals surface area contributed by atoms with Crippen LogP contribution in [-0.4, -0.2) is 41.8 Å². The highest BCUT2D eigenvalue weighted by Gasteiger charge is 2.24. The van der Waals surface area contributed by atoms with Gasteiger partial charge in [0.25, 0.3) is 0 Å². The molecule has 0 radical (unpaired) electrons. The Balaban J connectivity index is 2.08. The van der Waals surface area contributed by atoms with Crippen molar-refractivity contribution in [3.8, 4) is 0 Å². The first-order valence-corrected chi connectivity index (χ1v) is 5.83. The topological polar surface area (TPSA) is 62.9 Å². The second-order valence-corrected chi connectivity index (χ2v) is 4.19. The van der Waals surface area contributed by atoms with Crippen LogP contribution < -0.4 is 0 Å². The molecule has 5 heteroatoms. The Labute approximate surface area is 100.0 Å². The smallest absolute Gasteiger partial charge is 0.372 e. The van der Waals surface area contributed by atoms with Gasteiger partial charge >= 0.3 is 5.97 Å². The molecule has 0 spiro atoms. The summed E-state index contributed by atoms with van der Waals surface area (Å²) in [4.78, 5) is 13.2. The molecule has 1 atom stereocenters. The minimum absolute atomic E-state index is 0.0475. The summed E-state index contributed by atoms with van der Waals surface area (Å²) in [5.74, 6) is -0.961. The van der Waals surface area contributed by atoms with E-state index in [1.165, 1.54) is 6.26 Å². The van der Waals surface area contributed by atoms with Crippen molar-refractivity contribution >= 4 is 5.97 Å². The van der Waals surface area contributed by atoms with Crippen LogP contribution in [0.3, 0.4) is 0 Å². The van der Waals surface area contributed by atoms with E-state index in [0.29, 0.717) is 19.2 Å². The molecule has 1 aromatic rings. The Morgan fingerprint density at radius 1 is 1.65 bits per heavy atom. The number of hydrogen-bond acceptors (Lipinski definition) is 4. The molecule has 0 bridgehead atoms. The van der Waals surface area contributed by atoms with Gasteiger partial charge in [-0.2, -0.15) is 0 Å². The highest BCUT2D eigenvalue weighted by atomic mass is 16.5. The van der Waals surface area contributed by atoms with E-state index >= 15 is 0 Å². The molecule has 2 rings (SSSR count). The first kappa shape index (κ1) is 12.1. The Kier molecular flexibility index (Phi) is 3.81. The molecule has 1 aromatic heterocycles. The molecule has 2 heterocycles. The Morgan fingerprint density at radius 2 is 2.47 bits per heavy atom. The third-order valence-corrected chi connectivity index (χ3v) is 3.14. The Hall–Kier alpha value is -1.33. The summed E-state index contributed by atoms with van der Waals surface area (Å²) in [7, 11) is 0. The molecule has 0 aromatic carbocycles. The van der Waals surface area contributed by atoms with Crippen LogP contribution in [0, 0.1) is 0 Å². The van der Waals surface area contributed by atoms with Gasteiger partial charge in [0.2, 0.25) is 5.76 Å². The van der Waals surface area contributed by atoms with Crippen molar-refractivity contribution < 1.29 is 19.1 Å². The van der Waals surface area contributed by atoms with E-state index in [1.54, 1.807) is 6.07 Å². The van der Waals surface area contributed by atoms with E-state index in [0.717, 1.165) is 25.1 Å². The number of hydrogen-bond donors (Lipinski definition) is 1. The van der Waals surface area contributed by atoms with E-state index in [1.807, 2.05) is 0 Å². The van der Waals surface area contributed by atoms with Gasteiger partial charge in [0, 0.05) is 24.7 Å². The van der Waals surface area contributed by atoms with Crippen LogP contribution in [0.25, 0.3) is 0 Å². The van der Waals surface area contributed by atoms with Gasteiger partial charge in [-0.05, 0) is 12.5 Å². The number of furan rings is 1. The van der Waals surface area contributed by atoms with Crippen LogP contribution in [0.2, 0.25) is 0 Å². The molecule has 1 saturated heterocycles. The van der Waals surface area contributed by atoms with Crippen molar-refractivity contribution in [3.63, 3.8) is 0 Å². The van der Waals surface area contributed by atoms with E-state index in [-0.39, 0.29) is 5.76 Å². The summed E-state index contributed by atoms with van der Waals surface area (Å²) in [6, 6.07) is 2.09. The van der Waals surface area contributed by atoms with Gasteiger partial charge in [-0.1, -0.05) is 6.92 Å². The second-order valence-electron chi connectivity index (χ2n) is 4.19. The zero-order chi connectivity index (χ0) is 12.3. The minimum Gasteiger partial charge on any atom is -0.475 e. The third-order valence-electron chi connectivity index (χ3n) is 3.14. The highest BCUT2D eigenvalue weighted by molar-refractivity contribution is 5.86. The predicted octanol–water partition coefficient (Wildman–Crippen LogP) is 1.59. The summed E-state index contributed by atoms with van der Waals surface area (Å²) >= 11 is 0. The molecule has 0 saturated carbocycles. The van der Waals surface area contributed by atoms with Crippen molar-refractivity contribution in [1.29, 1.82) is 0 Å². The number of ether oxygens (including phenoxy) is 1. The summed E-state index contributed by atoms with van der Waals surface area (Å²) in [5, 5.41) is 8.97. The lowest BCUT2D eigenvalue weighted by molar-refractivity contribution is -0.0129. The van der Waals surface area contributed by atoms with Crippen LogP contribution >= 0.6 is 0 Å². The summed E-state index contributed by atoms with van der Waals surface area (Å²) in [6.07, 6.45) is 2.43. The maximum Gasteiger partial charge on any atom is 0.372 e. The Morgan fingerprint density at radius 3 is 3.18 bits per heavy atom. The number of carboxylic acids is 1. The van der Waals surface area contributed by atoms with Crippen LogP contribution in [0.4, 0.5) is 0 Å². The van der Waals surface area contributed by atoms with Gasteiger partial charge < -0.3 is 14.3 Å². The second kappa shape index (κ2) is 5.33. The molecule has 5 nitrogen and oxygen atoms in total. The van der Waals surface area contributed by atoms with Crippen LogP contribution in [0.15, 0.2) is 16.7 Å². The van der Waals surface area contributed by atoms with Crippen LogP contribution in [0.5, 0.6) is 0 Å². The van der Waals surface area contributed by atoms with Gasteiger partial charge in [-0.25, -0.2) is 4.79 Å². The fourth-order valence-corrected chi connectivity index (χ4v) is 2.14. The third kappa shape index (κ3) is 2.68. The molecule has 0 aliphatic carbocycles. The lowest BCUT2D eigenvalue weighted by Gasteiger charge is -2.34. The first-order valence-electron chi connectivity index (χ1n) is 5.83. The van der Waals surface area contributed by atoms with E-state index in [2.05, 4.69) is 11.8 Å². The molecule has 94 valence electrons. The molecule has 1 fully saturated rings. The lowest BCUT2D eigenvalue weighted by Crippen LogP contribution is -2.44.